The van der Waals surface area contributed by atoms with Crippen molar-refractivity contribution < 1.29 is 9.59 Å². The third kappa shape index (κ3) is 5.60. The van der Waals surface area contributed by atoms with E-state index in [-0.39, 0.29) is 11.9 Å². The first-order valence-electron chi connectivity index (χ1n) is 12.0. The van der Waals surface area contributed by atoms with Gasteiger partial charge in [-0.25, -0.2) is 14.8 Å². The smallest absolute Gasteiger partial charge is 0.314 e. The van der Waals surface area contributed by atoms with Crippen molar-refractivity contribution in [3.8, 4) is 0 Å². The fraction of sp³-hybridized carbons (Fsp3) is 0.280. The maximum absolute atomic E-state index is 13.2. The molecule has 1 aromatic heterocycles. The van der Waals surface area contributed by atoms with Crippen molar-refractivity contribution in [3.05, 3.63) is 63.8 Å². The largest absolute Gasteiger partial charge is 0.369 e. The summed E-state index contributed by atoms with van der Waals surface area (Å²) in [5.74, 6) is 0.428. The van der Waals surface area contributed by atoms with Gasteiger partial charge >= 0.3 is 6.03 Å². The van der Waals surface area contributed by atoms with Crippen LogP contribution in [-0.2, 0) is 6.54 Å². The highest BCUT2D eigenvalue weighted by atomic mass is 35.5. The number of halogens is 2. The molecule has 2 aliphatic rings. The lowest BCUT2D eigenvalue weighted by molar-refractivity contribution is 0.0985. The van der Waals surface area contributed by atoms with Gasteiger partial charge in [-0.2, -0.15) is 0 Å². The zero-order valence-corrected chi connectivity index (χ0v) is 22.9. The summed E-state index contributed by atoms with van der Waals surface area (Å²) >= 11 is 14.1. The van der Waals surface area contributed by atoms with Gasteiger partial charge in [-0.05, 0) is 35.9 Å². The van der Waals surface area contributed by atoms with E-state index in [1.54, 1.807) is 25.2 Å². The third-order valence-corrected chi connectivity index (χ3v) is 7.81. The SMILES string of the molecule is CNC(=O)NCc1cc(Nc2ncc3c(n2)SCN(c2c(Cl)cccc2Cl)C3=O)ccc1N1CCNCC1. The number of hydrogen-bond acceptors (Lipinski definition) is 8. The van der Waals surface area contributed by atoms with E-state index in [0.29, 0.717) is 44.7 Å². The summed E-state index contributed by atoms with van der Waals surface area (Å²) < 4.78 is 0. The first-order valence-corrected chi connectivity index (χ1v) is 13.8. The standard InChI is InChI=1S/C25H26Cl2N8O2S/c1-28-25(37)31-12-15-11-16(5-6-20(15)34-9-7-29-8-10-34)32-24-30-13-17-22(33-24)38-14-35(23(17)36)21-18(26)3-2-4-19(21)27/h2-6,11,13,29H,7-10,12,14H2,1H3,(H2,28,31,37)(H,30,32,33). The lowest BCUT2D eigenvalue weighted by Crippen LogP contribution is -2.44. The number of nitrogens with zero attached hydrogens (tertiary/aromatic N) is 4. The number of thioether (sulfide) groups is 1. The fourth-order valence-electron chi connectivity index (χ4n) is 4.34. The van der Waals surface area contributed by atoms with Crippen LogP contribution in [0.25, 0.3) is 0 Å². The molecule has 3 aromatic rings. The Morgan fingerprint density at radius 3 is 2.66 bits per heavy atom. The first kappa shape index (κ1) is 26.4. The number of piperazine rings is 1. The molecule has 0 spiro atoms. The van der Waals surface area contributed by atoms with E-state index >= 15 is 0 Å². The van der Waals surface area contributed by atoms with Gasteiger partial charge in [-0.3, -0.25) is 9.69 Å². The number of benzene rings is 2. The van der Waals surface area contributed by atoms with Gasteiger partial charge in [0, 0.05) is 57.3 Å². The molecule has 1 saturated heterocycles. The number of carbonyl (C=O) groups excluding carboxylic acids is 2. The van der Waals surface area contributed by atoms with Gasteiger partial charge < -0.3 is 26.2 Å². The zero-order chi connectivity index (χ0) is 26.6. The number of hydrogen-bond donors (Lipinski definition) is 4. The zero-order valence-electron chi connectivity index (χ0n) is 20.6. The Morgan fingerprint density at radius 1 is 1.16 bits per heavy atom. The summed E-state index contributed by atoms with van der Waals surface area (Å²) in [6.07, 6.45) is 1.51. The van der Waals surface area contributed by atoms with Crippen LogP contribution in [0.2, 0.25) is 10.0 Å². The molecule has 2 aromatic carbocycles. The normalized spacial score (nSPS) is 15.2. The Morgan fingerprint density at radius 2 is 1.92 bits per heavy atom. The first-order chi connectivity index (χ1) is 18.4. The number of anilines is 4. The predicted molar refractivity (Wildman–Crippen MR) is 152 cm³/mol. The van der Waals surface area contributed by atoms with Crippen molar-refractivity contribution >= 4 is 69.9 Å². The monoisotopic (exact) mass is 572 g/mol. The molecule has 0 radical (unpaired) electrons. The van der Waals surface area contributed by atoms with Gasteiger partial charge in [0.25, 0.3) is 5.91 Å². The summed E-state index contributed by atoms with van der Waals surface area (Å²) in [4.78, 5) is 37.9. The van der Waals surface area contributed by atoms with Crippen molar-refractivity contribution in [2.24, 2.45) is 0 Å². The number of urea groups is 1. The summed E-state index contributed by atoms with van der Waals surface area (Å²) in [7, 11) is 1.59. The van der Waals surface area contributed by atoms with Gasteiger partial charge in [0.05, 0.1) is 27.2 Å². The van der Waals surface area contributed by atoms with Crippen LogP contribution >= 0.6 is 35.0 Å². The second kappa shape index (κ2) is 11.6. The van der Waals surface area contributed by atoms with E-state index in [0.717, 1.165) is 43.1 Å². The van der Waals surface area contributed by atoms with Gasteiger partial charge in [0.15, 0.2) is 0 Å². The molecular weight excluding hydrogens is 547 g/mol. The molecule has 4 N–H and O–H groups in total. The second-order valence-electron chi connectivity index (χ2n) is 8.63. The van der Waals surface area contributed by atoms with Crippen molar-refractivity contribution in [3.63, 3.8) is 0 Å². The van der Waals surface area contributed by atoms with Crippen LogP contribution in [-0.4, -0.2) is 61.0 Å². The fourth-order valence-corrected chi connectivity index (χ4v) is 5.88. The van der Waals surface area contributed by atoms with E-state index in [1.165, 1.54) is 22.9 Å². The Kier molecular flexibility index (Phi) is 8.08. The number of para-hydroxylation sites is 1. The van der Waals surface area contributed by atoms with E-state index in [4.69, 9.17) is 23.2 Å². The Bertz CT molecular complexity index is 1350. The quantitative estimate of drug-likeness (QED) is 0.327. The van der Waals surface area contributed by atoms with Gasteiger partial charge in [-0.1, -0.05) is 41.0 Å². The van der Waals surface area contributed by atoms with E-state index < -0.39 is 0 Å². The molecule has 0 bridgehead atoms. The predicted octanol–water partition coefficient (Wildman–Crippen LogP) is 4.08. The molecule has 5 rings (SSSR count). The minimum atomic E-state index is -0.261. The highest BCUT2D eigenvalue weighted by Crippen LogP contribution is 2.39. The topological polar surface area (TPSA) is 115 Å². The summed E-state index contributed by atoms with van der Waals surface area (Å²) in [6.45, 7) is 3.94. The molecule has 2 aliphatic heterocycles. The minimum absolute atomic E-state index is 0.249. The van der Waals surface area contributed by atoms with Crippen LogP contribution in [0.3, 0.4) is 0 Å². The molecule has 1 fully saturated rings. The van der Waals surface area contributed by atoms with Crippen LogP contribution in [0.15, 0.2) is 47.6 Å². The Labute approximate surface area is 234 Å². The summed E-state index contributed by atoms with van der Waals surface area (Å²) in [5.41, 5.74) is 3.67. The van der Waals surface area contributed by atoms with Crippen LogP contribution < -0.4 is 31.1 Å². The Hall–Kier alpha value is -3.25. The van der Waals surface area contributed by atoms with Crippen LogP contribution in [0.5, 0.6) is 0 Å². The van der Waals surface area contributed by atoms with E-state index in [1.807, 2.05) is 18.2 Å². The van der Waals surface area contributed by atoms with Crippen molar-refractivity contribution in [2.75, 3.05) is 54.2 Å². The maximum atomic E-state index is 13.2. The highest BCUT2D eigenvalue weighted by Gasteiger charge is 2.30. The number of nitrogens with one attached hydrogen (secondary N) is 4. The van der Waals surface area contributed by atoms with Crippen LogP contribution in [0.1, 0.15) is 15.9 Å². The molecule has 38 heavy (non-hydrogen) atoms. The highest BCUT2D eigenvalue weighted by molar-refractivity contribution is 7.99. The molecule has 198 valence electrons. The van der Waals surface area contributed by atoms with E-state index in [9.17, 15) is 9.59 Å². The molecule has 0 aliphatic carbocycles. The molecule has 3 amide bonds. The average Bonchev–Trinajstić information content (AvgIpc) is 2.93. The third-order valence-electron chi connectivity index (χ3n) is 6.23. The van der Waals surface area contributed by atoms with E-state index in [2.05, 4.69) is 36.1 Å². The number of carbonyl (C=O) groups is 2. The number of amides is 3. The van der Waals surface area contributed by atoms with Gasteiger partial charge in [0.2, 0.25) is 5.95 Å². The van der Waals surface area contributed by atoms with Crippen molar-refractivity contribution in [1.82, 2.24) is 25.9 Å². The summed E-state index contributed by atoms with van der Waals surface area (Å²) in [6, 6.07) is 10.9. The molecule has 10 nitrogen and oxygen atoms in total. The number of aromatic nitrogens is 2. The molecule has 13 heteroatoms. The number of fused-ring (bicyclic) bond motifs is 1. The Balaban J connectivity index is 1.37. The molecule has 0 saturated carbocycles. The molecule has 0 atom stereocenters. The maximum Gasteiger partial charge on any atom is 0.314 e. The second-order valence-corrected chi connectivity index (χ2v) is 10.4. The molecule has 3 heterocycles. The van der Waals surface area contributed by atoms with Crippen molar-refractivity contribution in [2.45, 2.75) is 11.6 Å². The molecule has 0 unspecified atom stereocenters. The minimum Gasteiger partial charge on any atom is -0.369 e. The lowest BCUT2D eigenvalue weighted by atomic mass is 10.1. The van der Waals surface area contributed by atoms with Gasteiger partial charge in [-0.15, -0.1) is 0 Å². The molecular formula is C25H26Cl2N8O2S. The lowest BCUT2D eigenvalue weighted by Gasteiger charge is -2.31. The van der Waals surface area contributed by atoms with Crippen molar-refractivity contribution in [1.29, 1.82) is 0 Å². The van der Waals surface area contributed by atoms with Gasteiger partial charge in [0.1, 0.15) is 5.03 Å². The average molecular weight is 574 g/mol. The summed E-state index contributed by atoms with van der Waals surface area (Å²) in [5, 5.41) is 13.4. The number of rotatable bonds is 6. The van der Waals surface area contributed by atoms with Crippen LogP contribution in [0, 0.1) is 0 Å². The van der Waals surface area contributed by atoms with Crippen LogP contribution in [0.4, 0.5) is 27.8 Å².